The Morgan fingerprint density at radius 2 is 1.67 bits per heavy atom. The molecule has 0 saturated heterocycles. The molecule has 2 N–H and O–H groups in total. The van der Waals surface area contributed by atoms with Crippen molar-refractivity contribution in [3.63, 3.8) is 0 Å². The SMILES string of the molecule is O=C(NCC(=O)N(Cc1ccc(F)cc1)C(C(=O)NC1CCCCC1)c1ccccc1)c1ccco1. The summed E-state index contributed by atoms with van der Waals surface area (Å²) in [6, 6.07) is 17.1. The van der Waals surface area contributed by atoms with Crippen LogP contribution in [0.5, 0.6) is 0 Å². The number of hydrogen-bond acceptors (Lipinski definition) is 4. The maximum atomic E-state index is 13.7. The Balaban J connectivity index is 1.61. The summed E-state index contributed by atoms with van der Waals surface area (Å²) in [7, 11) is 0. The van der Waals surface area contributed by atoms with Crippen molar-refractivity contribution in [3.05, 3.63) is 95.7 Å². The lowest BCUT2D eigenvalue weighted by atomic mass is 9.94. The van der Waals surface area contributed by atoms with E-state index in [-0.39, 0.29) is 30.8 Å². The topological polar surface area (TPSA) is 91.7 Å². The van der Waals surface area contributed by atoms with Crippen molar-refractivity contribution >= 4 is 17.7 Å². The third-order valence-corrected chi connectivity index (χ3v) is 6.36. The quantitative estimate of drug-likeness (QED) is 0.465. The van der Waals surface area contributed by atoms with Gasteiger partial charge in [-0.05, 0) is 48.2 Å². The Bertz CT molecular complexity index is 1140. The molecule has 1 heterocycles. The lowest BCUT2D eigenvalue weighted by Gasteiger charge is -2.33. The van der Waals surface area contributed by atoms with Crippen LogP contribution in [0.2, 0.25) is 0 Å². The van der Waals surface area contributed by atoms with Crippen LogP contribution in [0.1, 0.15) is 59.8 Å². The molecule has 0 spiro atoms. The minimum absolute atomic E-state index is 0.0545. The summed E-state index contributed by atoms with van der Waals surface area (Å²) < 4.78 is 18.6. The molecule has 188 valence electrons. The number of amides is 3. The second kappa shape index (κ2) is 12.2. The standard InChI is InChI=1S/C28H30FN3O4/c29-22-15-13-20(14-16-22)19-32(25(33)18-30-27(34)24-12-7-17-36-24)26(21-8-3-1-4-9-21)28(35)31-23-10-5-2-6-11-23/h1,3-4,7-9,12-17,23,26H,2,5-6,10-11,18-19H2,(H,30,34)(H,31,35). The largest absolute Gasteiger partial charge is 0.459 e. The summed E-state index contributed by atoms with van der Waals surface area (Å²) in [5, 5.41) is 5.71. The highest BCUT2D eigenvalue weighted by atomic mass is 19.1. The van der Waals surface area contributed by atoms with Crippen molar-refractivity contribution in [2.75, 3.05) is 6.54 Å². The molecule has 3 aromatic rings. The van der Waals surface area contributed by atoms with Crippen molar-refractivity contribution in [1.82, 2.24) is 15.5 Å². The zero-order valence-corrected chi connectivity index (χ0v) is 20.0. The summed E-state index contributed by atoms with van der Waals surface area (Å²) in [5.74, 6) is -1.56. The van der Waals surface area contributed by atoms with Gasteiger partial charge in [-0.3, -0.25) is 14.4 Å². The molecule has 2 aromatic carbocycles. The van der Waals surface area contributed by atoms with Crippen LogP contribution in [-0.2, 0) is 16.1 Å². The Kier molecular flexibility index (Phi) is 8.49. The first-order valence-electron chi connectivity index (χ1n) is 12.2. The average molecular weight is 492 g/mol. The van der Waals surface area contributed by atoms with Gasteiger partial charge in [-0.25, -0.2) is 4.39 Å². The molecule has 0 radical (unpaired) electrons. The second-order valence-corrected chi connectivity index (χ2v) is 8.96. The van der Waals surface area contributed by atoms with E-state index in [1.807, 2.05) is 18.2 Å². The van der Waals surface area contributed by atoms with Crippen LogP contribution in [0.3, 0.4) is 0 Å². The third kappa shape index (κ3) is 6.59. The van der Waals surface area contributed by atoms with E-state index in [4.69, 9.17) is 4.42 Å². The van der Waals surface area contributed by atoms with Gasteiger partial charge in [0.05, 0.1) is 12.8 Å². The van der Waals surface area contributed by atoms with Gasteiger partial charge in [0.2, 0.25) is 11.8 Å². The normalized spacial score (nSPS) is 14.6. The maximum Gasteiger partial charge on any atom is 0.287 e. The number of carbonyl (C=O) groups is 3. The molecule has 1 unspecified atom stereocenters. The van der Waals surface area contributed by atoms with Crippen LogP contribution in [0, 0.1) is 5.82 Å². The number of halogens is 1. The molecule has 7 nitrogen and oxygen atoms in total. The Hall–Kier alpha value is -3.94. The van der Waals surface area contributed by atoms with Crippen LogP contribution >= 0.6 is 0 Å². The fourth-order valence-corrected chi connectivity index (χ4v) is 4.50. The van der Waals surface area contributed by atoms with E-state index >= 15 is 0 Å². The van der Waals surface area contributed by atoms with E-state index in [2.05, 4.69) is 10.6 Å². The van der Waals surface area contributed by atoms with Gasteiger partial charge in [-0.1, -0.05) is 61.7 Å². The van der Waals surface area contributed by atoms with Crippen LogP contribution in [0.15, 0.2) is 77.4 Å². The monoisotopic (exact) mass is 491 g/mol. The van der Waals surface area contributed by atoms with Gasteiger partial charge in [0.1, 0.15) is 11.9 Å². The number of benzene rings is 2. The molecule has 1 saturated carbocycles. The summed E-state index contributed by atoms with van der Waals surface area (Å²) in [6.07, 6.45) is 6.43. The van der Waals surface area contributed by atoms with Gasteiger partial charge in [0.15, 0.2) is 5.76 Å². The molecule has 0 aliphatic heterocycles. The van der Waals surface area contributed by atoms with Crippen molar-refractivity contribution in [2.24, 2.45) is 0 Å². The first-order chi connectivity index (χ1) is 17.5. The molecule has 4 rings (SSSR count). The molecule has 1 aliphatic carbocycles. The van der Waals surface area contributed by atoms with Crippen molar-refractivity contribution in [3.8, 4) is 0 Å². The Morgan fingerprint density at radius 3 is 2.33 bits per heavy atom. The highest BCUT2D eigenvalue weighted by Crippen LogP contribution is 2.26. The molecular formula is C28H30FN3O4. The van der Waals surface area contributed by atoms with E-state index in [0.717, 1.165) is 32.1 Å². The second-order valence-electron chi connectivity index (χ2n) is 8.96. The fraction of sp³-hybridized carbons (Fsp3) is 0.321. The predicted octanol–water partition coefficient (Wildman–Crippen LogP) is 4.37. The van der Waals surface area contributed by atoms with Gasteiger partial charge in [0, 0.05) is 12.6 Å². The molecule has 8 heteroatoms. The van der Waals surface area contributed by atoms with E-state index in [1.54, 1.807) is 30.3 Å². The number of carbonyl (C=O) groups excluding carboxylic acids is 3. The summed E-state index contributed by atoms with van der Waals surface area (Å²) >= 11 is 0. The van der Waals surface area contributed by atoms with Crippen molar-refractivity contribution in [2.45, 2.75) is 50.7 Å². The first kappa shape index (κ1) is 25.2. The van der Waals surface area contributed by atoms with E-state index in [9.17, 15) is 18.8 Å². The minimum atomic E-state index is -0.925. The highest BCUT2D eigenvalue weighted by Gasteiger charge is 2.33. The zero-order chi connectivity index (χ0) is 25.3. The smallest absolute Gasteiger partial charge is 0.287 e. The molecular weight excluding hydrogens is 461 g/mol. The zero-order valence-electron chi connectivity index (χ0n) is 20.0. The first-order valence-corrected chi connectivity index (χ1v) is 12.2. The molecule has 0 bridgehead atoms. The number of nitrogens with one attached hydrogen (secondary N) is 2. The van der Waals surface area contributed by atoms with Gasteiger partial charge >= 0.3 is 0 Å². The lowest BCUT2D eigenvalue weighted by molar-refractivity contribution is -0.141. The Morgan fingerprint density at radius 1 is 0.944 bits per heavy atom. The average Bonchev–Trinajstić information content (AvgIpc) is 3.44. The maximum absolute atomic E-state index is 13.7. The molecule has 3 amide bonds. The van der Waals surface area contributed by atoms with E-state index < -0.39 is 23.7 Å². The van der Waals surface area contributed by atoms with E-state index in [1.165, 1.54) is 29.4 Å². The van der Waals surface area contributed by atoms with Crippen molar-refractivity contribution in [1.29, 1.82) is 0 Å². The number of furan rings is 1. The molecule has 1 aliphatic rings. The number of hydrogen-bond donors (Lipinski definition) is 2. The van der Waals surface area contributed by atoms with E-state index in [0.29, 0.717) is 11.1 Å². The summed E-state index contributed by atoms with van der Waals surface area (Å²) in [4.78, 5) is 41.0. The summed E-state index contributed by atoms with van der Waals surface area (Å²) in [5.41, 5.74) is 1.31. The summed E-state index contributed by atoms with van der Waals surface area (Å²) in [6.45, 7) is -0.270. The lowest BCUT2D eigenvalue weighted by Crippen LogP contribution is -2.49. The van der Waals surface area contributed by atoms with Gasteiger partial charge < -0.3 is 20.0 Å². The molecule has 1 aromatic heterocycles. The van der Waals surface area contributed by atoms with Gasteiger partial charge in [0.25, 0.3) is 5.91 Å². The Labute approximate surface area is 209 Å². The van der Waals surface area contributed by atoms with Gasteiger partial charge in [-0.2, -0.15) is 0 Å². The number of rotatable bonds is 9. The minimum Gasteiger partial charge on any atom is -0.459 e. The third-order valence-electron chi connectivity index (χ3n) is 6.36. The van der Waals surface area contributed by atoms with Crippen LogP contribution in [0.4, 0.5) is 4.39 Å². The predicted molar refractivity (Wildman–Crippen MR) is 132 cm³/mol. The van der Waals surface area contributed by atoms with Crippen LogP contribution < -0.4 is 10.6 Å². The highest BCUT2D eigenvalue weighted by molar-refractivity contribution is 5.95. The fourth-order valence-electron chi connectivity index (χ4n) is 4.50. The van der Waals surface area contributed by atoms with Gasteiger partial charge in [-0.15, -0.1) is 0 Å². The number of nitrogens with zero attached hydrogens (tertiary/aromatic N) is 1. The molecule has 1 atom stereocenters. The van der Waals surface area contributed by atoms with Crippen LogP contribution in [0.25, 0.3) is 0 Å². The van der Waals surface area contributed by atoms with Crippen LogP contribution in [-0.4, -0.2) is 35.2 Å². The molecule has 1 fully saturated rings. The molecule has 36 heavy (non-hydrogen) atoms. The van der Waals surface area contributed by atoms with Crippen molar-refractivity contribution < 1.29 is 23.2 Å².